The quantitative estimate of drug-likeness (QED) is 0.0244. The Balaban J connectivity index is 4.44. The molecule has 0 aliphatic carbocycles. The lowest BCUT2D eigenvalue weighted by Crippen LogP contribution is -2.45. The fraction of sp³-hybridized carbons (Fsp3) is 0.673. The number of likely N-dealkylation sites (N-methyl/N-ethyl adjacent to an activating group) is 1. The van der Waals surface area contributed by atoms with Gasteiger partial charge in [-0.25, -0.2) is 4.57 Å². The van der Waals surface area contributed by atoms with Crippen molar-refractivity contribution in [3.05, 3.63) is 97.2 Å². The van der Waals surface area contributed by atoms with Crippen LogP contribution in [0.3, 0.4) is 0 Å². The van der Waals surface area contributed by atoms with E-state index in [1.165, 1.54) is 64.2 Å². The Bertz CT molecular complexity index is 1310. The topological polar surface area (TPSA) is 105 Å². The van der Waals surface area contributed by atoms with E-state index in [1.807, 2.05) is 27.2 Å². The zero-order valence-corrected chi connectivity index (χ0v) is 40.5. The minimum absolute atomic E-state index is 0.0491. The van der Waals surface area contributed by atoms with Crippen LogP contribution in [0.15, 0.2) is 97.2 Å². The van der Waals surface area contributed by atoms with Gasteiger partial charge in [0.25, 0.3) is 0 Å². The van der Waals surface area contributed by atoms with Gasteiger partial charge >= 0.3 is 7.82 Å². The Kier molecular flexibility index (Phi) is 40.9. The number of aliphatic hydroxyl groups is 1. The normalized spacial score (nSPS) is 15.1. The maximum absolute atomic E-state index is 12.9. The fourth-order valence-corrected chi connectivity index (χ4v) is 6.99. The number of unbranched alkanes of at least 4 members (excludes halogenated alkanes) is 15. The number of hydrogen-bond acceptors (Lipinski definition) is 5. The highest BCUT2D eigenvalue weighted by Crippen LogP contribution is 2.43. The highest BCUT2D eigenvalue weighted by Gasteiger charge is 2.27. The van der Waals surface area contributed by atoms with E-state index < -0.39 is 20.0 Å². The summed E-state index contributed by atoms with van der Waals surface area (Å²) in [6, 6.07) is -0.870. The third-order valence-corrected chi connectivity index (χ3v) is 11.0. The second-order valence-electron chi connectivity index (χ2n) is 17.1. The van der Waals surface area contributed by atoms with E-state index >= 15 is 0 Å². The number of hydrogen-bond donors (Lipinski definition) is 3. The highest BCUT2D eigenvalue weighted by molar-refractivity contribution is 7.47. The molecule has 0 rings (SSSR count). The summed E-state index contributed by atoms with van der Waals surface area (Å²) in [5, 5.41) is 13.8. The van der Waals surface area contributed by atoms with Gasteiger partial charge in [-0.15, -0.1) is 0 Å². The van der Waals surface area contributed by atoms with Crippen LogP contribution in [0.4, 0.5) is 0 Å². The van der Waals surface area contributed by atoms with Crippen LogP contribution in [0, 0.1) is 0 Å². The van der Waals surface area contributed by atoms with Crippen molar-refractivity contribution in [3.8, 4) is 0 Å². The van der Waals surface area contributed by atoms with Crippen molar-refractivity contribution in [1.29, 1.82) is 0 Å². The Hall–Kier alpha value is -2.58. The van der Waals surface area contributed by atoms with Gasteiger partial charge in [-0.3, -0.25) is 13.8 Å². The third-order valence-electron chi connectivity index (χ3n) is 10.1. The maximum Gasteiger partial charge on any atom is 0.472 e. The molecule has 1 amide bonds. The summed E-state index contributed by atoms with van der Waals surface area (Å²) in [5.41, 5.74) is 0. The average molecular weight is 872 g/mol. The molecule has 0 aromatic heterocycles. The standard InChI is InChI=1S/C52H91N2O6P/c1-6-8-10-12-14-16-18-20-22-23-24-25-26-27-28-29-30-31-32-34-36-38-40-42-44-46-52(56)53-50(49-60-61(57,58)59-48-47-54(3,4)5)51(55)45-43-41-39-37-35-33-21-19-17-15-13-11-9-7-2/h8,10,14,16,20,22,24-25,27-28,30-31,34,36,43,45,50-51,55H,6-7,9,11-13,15,17-19,21,23,26,29,32-33,35,37-42,44,46-49H2,1-5H3,(H-,53,56,57,58)/p+1/b10-8-,16-14-,22-20-,25-24-,28-27-,31-30-,36-34-,45-43+. The van der Waals surface area contributed by atoms with Crippen LogP contribution >= 0.6 is 7.82 Å². The molecule has 0 aromatic carbocycles. The minimum atomic E-state index is -4.36. The largest absolute Gasteiger partial charge is 0.472 e. The number of carbonyl (C=O) groups excluding carboxylic acids is 1. The van der Waals surface area contributed by atoms with Gasteiger partial charge < -0.3 is 19.8 Å². The van der Waals surface area contributed by atoms with E-state index in [0.717, 1.165) is 89.9 Å². The van der Waals surface area contributed by atoms with Crippen LogP contribution in [0.1, 0.15) is 174 Å². The zero-order chi connectivity index (χ0) is 45.0. The molecule has 0 bridgehead atoms. The second-order valence-corrected chi connectivity index (χ2v) is 18.6. The van der Waals surface area contributed by atoms with Crippen molar-refractivity contribution in [2.24, 2.45) is 0 Å². The van der Waals surface area contributed by atoms with Gasteiger partial charge in [0.15, 0.2) is 0 Å². The molecule has 8 nitrogen and oxygen atoms in total. The van der Waals surface area contributed by atoms with Gasteiger partial charge in [0.1, 0.15) is 13.2 Å². The summed E-state index contributed by atoms with van der Waals surface area (Å²) in [7, 11) is 1.53. The molecule has 3 N–H and O–H groups in total. The van der Waals surface area contributed by atoms with Gasteiger partial charge in [0.2, 0.25) is 5.91 Å². The predicted molar refractivity (Wildman–Crippen MR) is 262 cm³/mol. The van der Waals surface area contributed by atoms with Crippen molar-refractivity contribution < 1.29 is 32.9 Å². The molecule has 3 unspecified atom stereocenters. The van der Waals surface area contributed by atoms with Crippen molar-refractivity contribution >= 4 is 13.7 Å². The van der Waals surface area contributed by atoms with E-state index in [1.54, 1.807) is 6.08 Å². The smallest absolute Gasteiger partial charge is 0.387 e. The SMILES string of the molecule is CC/C=C\C/C=C\C/C=C\C/C=C\C/C=C\C/C=C\C/C=C\CCCCCC(=O)NC(COP(=O)(O)OCC[N+](C)(C)C)C(O)/C=C/CCCCCCCCCCCCCC. The molecule has 0 aromatic rings. The number of aliphatic hydroxyl groups excluding tert-OH is 1. The first-order valence-electron chi connectivity index (χ1n) is 24.1. The van der Waals surface area contributed by atoms with Crippen LogP contribution in [0.25, 0.3) is 0 Å². The Labute approximate surface area is 375 Å². The molecule has 0 spiro atoms. The minimum Gasteiger partial charge on any atom is -0.387 e. The molecule has 0 aliphatic rings. The zero-order valence-electron chi connectivity index (χ0n) is 39.6. The highest BCUT2D eigenvalue weighted by atomic mass is 31.2. The number of amides is 1. The molecule has 3 atom stereocenters. The van der Waals surface area contributed by atoms with Crippen molar-refractivity contribution in [2.75, 3.05) is 40.9 Å². The van der Waals surface area contributed by atoms with Crippen LogP contribution in [-0.4, -0.2) is 73.4 Å². The maximum atomic E-state index is 12.9. The number of phosphoric ester groups is 1. The third kappa shape index (κ3) is 45.3. The molecule has 0 radical (unpaired) electrons. The van der Waals surface area contributed by atoms with Crippen LogP contribution < -0.4 is 5.32 Å². The Morgan fingerprint density at radius 3 is 1.44 bits per heavy atom. The molecule has 61 heavy (non-hydrogen) atoms. The van der Waals surface area contributed by atoms with Gasteiger partial charge in [-0.1, -0.05) is 188 Å². The molecule has 0 heterocycles. The van der Waals surface area contributed by atoms with Crippen molar-refractivity contribution in [1.82, 2.24) is 5.32 Å². The van der Waals surface area contributed by atoms with E-state index in [-0.39, 0.29) is 19.1 Å². The summed E-state index contributed by atoms with van der Waals surface area (Å²) < 4.78 is 23.6. The lowest BCUT2D eigenvalue weighted by Gasteiger charge is -2.25. The van der Waals surface area contributed by atoms with E-state index in [9.17, 15) is 19.4 Å². The first-order valence-corrected chi connectivity index (χ1v) is 25.6. The molecule has 0 saturated heterocycles. The number of allylic oxidation sites excluding steroid dienone is 15. The second kappa shape index (κ2) is 42.7. The Morgan fingerprint density at radius 2 is 0.984 bits per heavy atom. The molecule has 0 saturated carbocycles. The summed E-state index contributed by atoms with van der Waals surface area (Å²) in [4.78, 5) is 23.2. The predicted octanol–water partition coefficient (Wildman–Crippen LogP) is 13.9. The van der Waals surface area contributed by atoms with E-state index in [4.69, 9.17) is 9.05 Å². The summed E-state index contributed by atoms with van der Waals surface area (Å²) in [6.07, 6.45) is 60.5. The number of phosphoric acid groups is 1. The van der Waals surface area contributed by atoms with Crippen LogP contribution in [0.5, 0.6) is 0 Å². The average Bonchev–Trinajstić information content (AvgIpc) is 3.21. The summed E-state index contributed by atoms with van der Waals surface area (Å²) in [6.45, 7) is 4.65. The van der Waals surface area contributed by atoms with Gasteiger partial charge in [0, 0.05) is 6.42 Å². The Morgan fingerprint density at radius 1 is 0.574 bits per heavy atom. The monoisotopic (exact) mass is 872 g/mol. The van der Waals surface area contributed by atoms with Crippen LogP contribution in [-0.2, 0) is 18.4 Å². The molecular formula is C52H92N2O6P+. The molecule has 0 fully saturated rings. The number of quaternary nitrogens is 1. The summed E-state index contributed by atoms with van der Waals surface area (Å²) >= 11 is 0. The number of rotatable bonds is 42. The van der Waals surface area contributed by atoms with E-state index in [2.05, 4.69) is 104 Å². The molecular weight excluding hydrogens is 780 g/mol. The molecule has 0 aliphatic heterocycles. The lowest BCUT2D eigenvalue weighted by atomic mass is 10.0. The van der Waals surface area contributed by atoms with E-state index in [0.29, 0.717) is 17.4 Å². The van der Waals surface area contributed by atoms with Crippen molar-refractivity contribution in [2.45, 2.75) is 187 Å². The first-order chi connectivity index (χ1) is 29.5. The van der Waals surface area contributed by atoms with Crippen LogP contribution in [0.2, 0.25) is 0 Å². The van der Waals surface area contributed by atoms with Gasteiger partial charge in [-0.2, -0.15) is 0 Å². The van der Waals surface area contributed by atoms with Crippen molar-refractivity contribution in [3.63, 3.8) is 0 Å². The molecule has 9 heteroatoms. The fourth-order valence-electron chi connectivity index (χ4n) is 6.25. The number of nitrogens with one attached hydrogen (secondary N) is 1. The summed E-state index contributed by atoms with van der Waals surface area (Å²) in [5.74, 6) is -0.214. The first kappa shape index (κ1) is 58.4. The number of carbonyl (C=O) groups is 1. The number of nitrogens with zero attached hydrogens (tertiary/aromatic N) is 1. The molecule has 350 valence electrons. The van der Waals surface area contributed by atoms with Gasteiger partial charge in [-0.05, 0) is 77.0 Å². The lowest BCUT2D eigenvalue weighted by molar-refractivity contribution is -0.870. The van der Waals surface area contributed by atoms with Gasteiger partial charge in [0.05, 0.1) is 39.9 Å².